The summed E-state index contributed by atoms with van der Waals surface area (Å²) in [5, 5.41) is 131. The van der Waals surface area contributed by atoms with E-state index < -0.39 is 254 Å². The summed E-state index contributed by atoms with van der Waals surface area (Å²) in [5.74, 6) is -16.0. The van der Waals surface area contributed by atoms with Crippen molar-refractivity contribution in [2.45, 2.75) is 163 Å². The van der Waals surface area contributed by atoms with Crippen LogP contribution in [-0.4, -0.2) is 227 Å². The lowest BCUT2D eigenvalue weighted by Gasteiger charge is -2.48. The average molecular weight is 1790 g/mol. The lowest BCUT2D eigenvalue weighted by atomic mass is 9.85. The van der Waals surface area contributed by atoms with Crippen LogP contribution >= 0.6 is 34.8 Å². The standard InChI is InChI=1S/C83H92Cl3N13O26/c1-35(2)24-48(88-5)74(111)96-65-67(106)39-12-17-52(46(85)26-39)121-54-28-41-29-55(71(54)125-81-72(70(109)69(108)56(34-100)123-81)124-60-33-83(4,73(110)36(3)120-60)89-21-23-99-22-20-58(92-82(99)118)91-59(105)19-10-37-8-14-42(84)15-9-37)122-53-18-13-40(27-47(53)86)68(107)66-79(116)95-64(80(117)98(6)119-7)45-30-43(101)31-51(103)61(45)44-25-38(11-16-50(44)102)62(76(113)97-66)94-77(114)63(41)93-75(112)49(32-57(87)104)90-78(65)115/h8-20,22,25-31,35-36,48-49,56,60,62-70,72-73,81,88-89,100-103,106-110H,21,23-24,32-34H2,1-7H3,(H2,87,104)(H,90,115)(H,93,112)(H,94,114)(H,95,116)(H,96,111)(H,97,113)(H,91,92,105,118)/b19-10+. The summed E-state index contributed by atoms with van der Waals surface area (Å²) in [6, 6.07) is 7.77. The Kier molecular flexibility index (Phi) is 29.1. The summed E-state index contributed by atoms with van der Waals surface area (Å²) in [5.41, 5.74) is 1.71. The van der Waals surface area contributed by atoms with Gasteiger partial charge in [0.25, 0.3) is 5.91 Å². The first kappa shape index (κ1) is 92.5. The van der Waals surface area contributed by atoms with Crippen LogP contribution in [0.2, 0.25) is 15.1 Å². The number of aliphatic hydroxyl groups excluding tert-OH is 6. The highest BCUT2D eigenvalue weighted by Crippen LogP contribution is 2.50. The van der Waals surface area contributed by atoms with Gasteiger partial charge in [-0.25, -0.2) is 9.86 Å². The number of hydroxylamine groups is 2. The quantitative estimate of drug-likeness (QED) is 0.0362. The number of aliphatic hydroxyl groups is 6. The van der Waals surface area contributed by atoms with Crippen LogP contribution in [-0.2, 0) is 68.7 Å². The Hall–Kier alpha value is -11.6. The summed E-state index contributed by atoms with van der Waals surface area (Å²) < 4.78 is 40.7. The monoisotopic (exact) mass is 1790 g/mol. The number of fused-ring (bicyclic) bond motifs is 15. The Morgan fingerprint density at radius 2 is 1.38 bits per heavy atom. The molecule has 20 N–H and O–H groups in total. The molecule has 7 aliphatic heterocycles. The predicted molar refractivity (Wildman–Crippen MR) is 443 cm³/mol. The summed E-state index contributed by atoms with van der Waals surface area (Å²) in [4.78, 5) is 155. The number of likely N-dealkylation sites (N-methyl/N-ethyl adjacent to an activating group) is 2. The molecular weight excluding hydrogens is 1700 g/mol. The van der Waals surface area contributed by atoms with Crippen molar-refractivity contribution in [2.24, 2.45) is 11.7 Å². The zero-order chi connectivity index (χ0) is 90.5. The Morgan fingerprint density at radius 3 is 2.00 bits per heavy atom. The number of nitrogens with one attached hydrogen (secondary N) is 9. The maximum Gasteiger partial charge on any atom is 0.349 e. The third-order valence-corrected chi connectivity index (χ3v) is 22.5. The number of phenolic OH excluding ortho intramolecular Hbond substituents is 3. The SMILES string of the molecule is CNC(CC(C)C)C(=O)NC1C(=O)NC(CC(N)=O)C(=O)NC2C(=O)NC3C(=O)NC(C(=O)NC(C(=O)N(C)OC)c4cc(O)cc(O)c4-c4cc3ccc4O)C(O)c3ccc(c(Cl)c3)Oc3cc2cc(c3OC2OC(CO)C(O)C(O)C2OC2CC(C)(NCCn3ccc(NC(=O)/C=C/c4ccc(Cl)cc4)nc3=O)C(O)C(C)O2)Oc2ccc(cc2Cl)C1O. The molecule has 0 spiro atoms. The highest BCUT2D eigenvalue weighted by Gasteiger charge is 2.52. The van der Waals surface area contributed by atoms with Crippen molar-refractivity contribution in [1.29, 1.82) is 0 Å². The molecule has 0 radical (unpaired) electrons. The van der Waals surface area contributed by atoms with E-state index in [4.69, 9.17) is 73.8 Å². The summed E-state index contributed by atoms with van der Waals surface area (Å²) >= 11 is 20.4. The third kappa shape index (κ3) is 21.0. The fraction of sp³-hybridized carbons (Fsp3) is 0.386. The van der Waals surface area contributed by atoms with Gasteiger partial charge in [-0.05, 0) is 145 Å². The molecule has 14 rings (SSSR count). The van der Waals surface area contributed by atoms with Gasteiger partial charge in [-0.3, -0.25) is 52.6 Å². The molecule has 39 nitrogen and oxygen atoms in total. The highest BCUT2D eigenvalue weighted by atomic mass is 35.5. The number of aromatic hydroxyl groups is 3. The lowest BCUT2D eigenvalue weighted by molar-refractivity contribution is -0.334. The summed E-state index contributed by atoms with van der Waals surface area (Å²) in [6.45, 7) is 5.61. The van der Waals surface area contributed by atoms with E-state index in [2.05, 4.69) is 52.8 Å². The van der Waals surface area contributed by atoms with Gasteiger partial charge in [-0.1, -0.05) is 79.0 Å². The number of carbonyl (C=O) groups is 9. The van der Waals surface area contributed by atoms with Crippen LogP contribution in [0.5, 0.6) is 46.0 Å². The second-order valence-electron chi connectivity index (χ2n) is 30.9. The zero-order valence-corrected chi connectivity index (χ0v) is 70.0. The van der Waals surface area contributed by atoms with E-state index in [1.165, 1.54) is 55.1 Å². The van der Waals surface area contributed by atoms with E-state index in [1.807, 2.05) is 13.8 Å². The van der Waals surface area contributed by atoms with Crippen molar-refractivity contribution in [3.8, 4) is 57.1 Å². The number of rotatable bonds is 21. The van der Waals surface area contributed by atoms with E-state index in [-0.39, 0.29) is 60.1 Å². The van der Waals surface area contributed by atoms with Crippen molar-refractivity contribution >= 4 is 99.9 Å². The first-order chi connectivity index (χ1) is 59.3. The molecule has 0 aliphatic carbocycles. The van der Waals surface area contributed by atoms with Crippen LogP contribution in [0.15, 0.2) is 126 Å². The van der Waals surface area contributed by atoms with E-state index in [0.29, 0.717) is 15.6 Å². The number of nitrogens with zero attached hydrogens (tertiary/aromatic N) is 3. The number of phenols is 3. The predicted octanol–water partition coefficient (Wildman–Crippen LogP) is 2.23. The van der Waals surface area contributed by atoms with Crippen molar-refractivity contribution in [3.63, 3.8) is 0 Å². The molecule has 18 unspecified atom stereocenters. The Labute approximate surface area is 727 Å². The molecule has 18 atom stereocenters. The lowest BCUT2D eigenvalue weighted by Crippen LogP contribution is -2.65. The maximum atomic E-state index is 16.3. The molecule has 9 amide bonds. The van der Waals surface area contributed by atoms with Crippen molar-refractivity contribution in [1.82, 2.24) is 57.1 Å². The number of amides is 9. The molecular formula is C83H92Cl3N13O26. The van der Waals surface area contributed by atoms with Crippen LogP contribution in [0.25, 0.3) is 17.2 Å². The smallest absolute Gasteiger partial charge is 0.349 e. The van der Waals surface area contributed by atoms with Crippen molar-refractivity contribution < 1.29 is 122 Å². The van der Waals surface area contributed by atoms with Crippen LogP contribution < -0.4 is 73.5 Å². The van der Waals surface area contributed by atoms with Gasteiger partial charge in [-0.15, -0.1) is 0 Å². The van der Waals surface area contributed by atoms with E-state index in [9.17, 15) is 69.9 Å². The fourth-order valence-electron chi connectivity index (χ4n) is 15.0. The molecule has 8 heterocycles. The van der Waals surface area contributed by atoms with E-state index in [1.54, 1.807) is 31.2 Å². The van der Waals surface area contributed by atoms with Gasteiger partial charge < -0.3 is 128 Å². The number of primary amides is 1. The molecule has 2 saturated heterocycles. The Morgan fingerprint density at radius 1 is 0.736 bits per heavy atom. The van der Waals surface area contributed by atoms with E-state index >= 15 is 24.0 Å². The van der Waals surface area contributed by atoms with Gasteiger partial charge in [0, 0.05) is 66.6 Å². The minimum Gasteiger partial charge on any atom is -0.508 e. The number of halogens is 3. The number of nitrogens with two attached hydrogens (primary N) is 1. The number of aromatic nitrogens is 2. The van der Waals surface area contributed by atoms with Gasteiger partial charge in [0.15, 0.2) is 23.9 Å². The van der Waals surface area contributed by atoms with Crippen LogP contribution in [0, 0.1) is 5.92 Å². The average Bonchev–Trinajstić information content (AvgIpc) is 0.763. The largest absolute Gasteiger partial charge is 0.508 e. The Balaban J connectivity index is 0.999. The second kappa shape index (κ2) is 39.3. The minimum atomic E-state index is -2.39. The molecule has 42 heteroatoms. The van der Waals surface area contributed by atoms with Gasteiger partial charge in [-0.2, -0.15) is 4.98 Å². The number of carbonyl (C=O) groups excluding carboxylic acids is 9. The van der Waals surface area contributed by atoms with Crippen molar-refractivity contribution in [2.75, 3.05) is 39.7 Å². The van der Waals surface area contributed by atoms with Crippen LogP contribution in [0.1, 0.15) is 111 Å². The van der Waals surface area contributed by atoms with Crippen LogP contribution in [0.3, 0.4) is 0 Å². The molecule has 6 aromatic carbocycles. The molecule has 666 valence electrons. The van der Waals surface area contributed by atoms with Gasteiger partial charge in [0.1, 0.15) is 101 Å². The molecule has 11 bridgehead atoms. The van der Waals surface area contributed by atoms with Gasteiger partial charge >= 0.3 is 5.69 Å². The van der Waals surface area contributed by atoms with E-state index in [0.717, 1.165) is 80.9 Å². The molecule has 7 aliphatic rings. The number of anilines is 1. The number of hydrogen-bond donors (Lipinski definition) is 19. The molecule has 0 saturated carbocycles. The third-order valence-electron chi connectivity index (χ3n) is 21.6. The maximum absolute atomic E-state index is 16.3. The van der Waals surface area contributed by atoms with Crippen molar-refractivity contribution in [3.05, 3.63) is 180 Å². The van der Waals surface area contributed by atoms with Gasteiger partial charge in [0.2, 0.25) is 59.3 Å². The van der Waals surface area contributed by atoms with Gasteiger partial charge in [0.05, 0.1) is 48.4 Å². The fourth-order valence-corrected chi connectivity index (χ4v) is 15.5. The summed E-state index contributed by atoms with van der Waals surface area (Å²) in [6.07, 6.45) is -15.3. The topological polar surface area (TPSA) is 573 Å². The molecule has 2 fully saturated rings. The number of benzene rings is 6. The Bertz CT molecular complexity index is 5380. The van der Waals surface area contributed by atoms with Crippen LogP contribution in [0.4, 0.5) is 5.82 Å². The normalized spacial score (nSPS) is 26.0. The first-order valence-corrected chi connectivity index (χ1v) is 40.3. The molecule has 125 heavy (non-hydrogen) atoms. The number of ether oxygens (including phenoxy) is 6. The second-order valence-corrected chi connectivity index (χ2v) is 32.1. The zero-order valence-electron chi connectivity index (χ0n) is 67.8. The number of hydrogen-bond acceptors (Lipinski definition) is 29. The highest BCUT2D eigenvalue weighted by molar-refractivity contribution is 6.32. The minimum absolute atomic E-state index is 0.0331. The summed E-state index contributed by atoms with van der Waals surface area (Å²) in [7, 11) is 3.70. The molecule has 7 aromatic rings. The first-order valence-electron chi connectivity index (χ1n) is 39.2. The molecule has 1 aromatic heterocycles.